The van der Waals surface area contributed by atoms with E-state index in [1.54, 1.807) is 14.2 Å². The predicted octanol–water partition coefficient (Wildman–Crippen LogP) is 4.87. The number of ether oxygens (including phenoxy) is 2. The summed E-state index contributed by atoms with van der Waals surface area (Å²) in [5.41, 5.74) is 3.35. The molecule has 0 aliphatic carbocycles. The van der Waals surface area contributed by atoms with Gasteiger partial charge in [0.25, 0.3) is 0 Å². The van der Waals surface area contributed by atoms with Crippen molar-refractivity contribution in [2.75, 3.05) is 19.5 Å². The number of benzene rings is 2. The van der Waals surface area contributed by atoms with Gasteiger partial charge in [-0.05, 0) is 60.5 Å². The van der Waals surface area contributed by atoms with Crippen molar-refractivity contribution in [2.24, 2.45) is 0 Å². The van der Waals surface area contributed by atoms with Crippen molar-refractivity contribution in [3.05, 3.63) is 53.6 Å². The lowest BCUT2D eigenvalue weighted by atomic mass is 10.0. The Bertz CT molecular complexity index is 714. The number of anilines is 1. The predicted molar refractivity (Wildman–Crippen MR) is 108 cm³/mol. The second-order valence-electron chi connectivity index (χ2n) is 6.21. The zero-order valence-corrected chi connectivity index (χ0v) is 16.2. The average molecular weight is 359 g/mol. The quantitative estimate of drug-likeness (QED) is 0.721. The van der Waals surface area contributed by atoms with E-state index in [1.165, 1.54) is 5.56 Å². The number of methoxy groups -OCH3 is 2. The number of hydrogen-bond acceptors (Lipinski definition) is 3. The van der Waals surface area contributed by atoms with Gasteiger partial charge >= 0.3 is 0 Å². The molecule has 134 valence electrons. The van der Waals surface area contributed by atoms with Crippen LogP contribution in [0.25, 0.3) is 0 Å². The molecule has 0 radical (unpaired) electrons. The van der Waals surface area contributed by atoms with Crippen LogP contribution in [0.2, 0.25) is 0 Å². The summed E-state index contributed by atoms with van der Waals surface area (Å²) in [5, 5.41) is 7.10. The van der Waals surface area contributed by atoms with Crippen molar-refractivity contribution in [2.45, 2.75) is 32.7 Å². The highest BCUT2D eigenvalue weighted by Gasteiger charge is 2.11. The van der Waals surface area contributed by atoms with Crippen LogP contribution in [0, 0.1) is 0 Å². The van der Waals surface area contributed by atoms with E-state index in [-0.39, 0.29) is 6.04 Å². The Morgan fingerprint density at radius 2 is 1.48 bits per heavy atom. The number of hydrogen-bond donors (Lipinski definition) is 2. The standard InChI is InChI=1S/C20H26N2O2S/c1-13(2)15-6-9-17(10-7-15)22-20(25)21-14(3)16-8-11-18(23-4)19(12-16)24-5/h6-14H,1-5H3,(H2,21,22,25). The molecule has 0 heterocycles. The average Bonchev–Trinajstić information content (AvgIpc) is 2.61. The van der Waals surface area contributed by atoms with E-state index in [0.29, 0.717) is 22.5 Å². The zero-order chi connectivity index (χ0) is 18.4. The lowest BCUT2D eigenvalue weighted by Crippen LogP contribution is -2.30. The molecule has 2 aromatic carbocycles. The van der Waals surface area contributed by atoms with Crippen LogP contribution in [0.1, 0.15) is 43.9 Å². The minimum absolute atomic E-state index is 0.0368. The second-order valence-corrected chi connectivity index (χ2v) is 6.62. The number of nitrogens with one attached hydrogen (secondary N) is 2. The van der Waals surface area contributed by atoms with Crippen LogP contribution in [0.4, 0.5) is 5.69 Å². The molecular formula is C20H26N2O2S. The SMILES string of the molecule is COc1ccc(C(C)NC(=S)Nc2ccc(C(C)C)cc2)cc1OC. The van der Waals surface area contributed by atoms with Gasteiger partial charge < -0.3 is 20.1 Å². The van der Waals surface area contributed by atoms with Gasteiger partial charge in [0, 0.05) is 5.69 Å². The molecule has 25 heavy (non-hydrogen) atoms. The highest BCUT2D eigenvalue weighted by molar-refractivity contribution is 7.80. The van der Waals surface area contributed by atoms with E-state index in [2.05, 4.69) is 43.5 Å². The molecule has 0 fully saturated rings. The Balaban J connectivity index is 2.00. The summed E-state index contributed by atoms with van der Waals surface area (Å²) in [4.78, 5) is 0. The van der Waals surface area contributed by atoms with Crippen LogP contribution in [0.5, 0.6) is 11.5 Å². The normalized spacial score (nSPS) is 11.8. The van der Waals surface area contributed by atoms with Crippen LogP contribution in [0.3, 0.4) is 0 Å². The maximum absolute atomic E-state index is 5.43. The van der Waals surface area contributed by atoms with E-state index in [1.807, 2.05) is 30.3 Å². The fourth-order valence-corrected chi connectivity index (χ4v) is 2.82. The Kier molecular flexibility index (Phi) is 6.65. The van der Waals surface area contributed by atoms with Gasteiger partial charge in [-0.2, -0.15) is 0 Å². The Labute approximate surface area is 155 Å². The van der Waals surface area contributed by atoms with Crippen LogP contribution >= 0.6 is 12.2 Å². The maximum Gasteiger partial charge on any atom is 0.171 e. The van der Waals surface area contributed by atoms with Crippen molar-refractivity contribution in [1.82, 2.24) is 5.32 Å². The van der Waals surface area contributed by atoms with Gasteiger partial charge in [-0.15, -0.1) is 0 Å². The molecule has 0 amide bonds. The molecule has 4 nitrogen and oxygen atoms in total. The zero-order valence-electron chi connectivity index (χ0n) is 15.4. The highest BCUT2D eigenvalue weighted by atomic mass is 32.1. The molecule has 2 rings (SSSR count). The van der Waals surface area contributed by atoms with E-state index in [0.717, 1.165) is 11.3 Å². The lowest BCUT2D eigenvalue weighted by Gasteiger charge is -2.19. The lowest BCUT2D eigenvalue weighted by molar-refractivity contribution is 0.354. The van der Waals surface area contributed by atoms with Gasteiger partial charge in [-0.1, -0.05) is 32.0 Å². The van der Waals surface area contributed by atoms with E-state index < -0.39 is 0 Å². The molecule has 0 bridgehead atoms. The molecule has 0 aliphatic rings. The topological polar surface area (TPSA) is 42.5 Å². The summed E-state index contributed by atoms with van der Waals surface area (Å²) in [5.74, 6) is 1.94. The van der Waals surface area contributed by atoms with Crippen molar-refractivity contribution in [3.63, 3.8) is 0 Å². The molecule has 0 aromatic heterocycles. The first-order valence-electron chi connectivity index (χ1n) is 8.34. The monoisotopic (exact) mass is 358 g/mol. The third kappa shape index (κ3) is 5.10. The van der Waals surface area contributed by atoms with E-state index in [9.17, 15) is 0 Å². The van der Waals surface area contributed by atoms with Gasteiger partial charge in [0.1, 0.15) is 0 Å². The van der Waals surface area contributed by atoms with Gasteiger partial charge in [0.15, 0.2) is 16.6 Å². The van der Waals surface area contributed by atoms with E-state index >= 15 is 0 Å². The second kappa shape index (κ2) is 8.72. The molecule has 2 aromatic rings. The summed E-state index contributed by atoms with van der Waals surface area (Å²) >= 11 is 5.43. The fraction of sp³-hybridized carbons (Fsp3) is 0.350. The molecule has 2 N–H and O–H groups in total. The third-order valence-corrected chi connectivity index (χ3v) is 4.31. The summed E-state index contributed by atoms with van der Waals surface area (Å²) < 4.78 is 10.6. The Morgan fingerprint density at radius 1 is 0.880 bits per heavy atom. The summed E-state index contributed by atoms with van der Waals surface area (Å²) in [6.07, 6.45) is 0. The maximum atomic E-state index is 5.43. The molecule has 0 saturated heterocycles. The van der Waals surface area contributed by atoms with Crippen LogP contribution in [-0.2, 0) is 0 Å². The minimum Gasteiger partial charge on any atom is -0.493 e. The third-order valence-electron chi connectivity index (χ3n) is 4.09. The van der Waals surface area contributed by atoms with Crippen LogP contribution < -0.4 is 20.1 Å². The fourth-order valence-electron chi connectivity index (χ4n) is 2.52. The summed E-state index contributed by atoms with van der Waals surface area (Å²) in [6, 6.07) is 14.2. The van der Waals surface area contributed by atoms with Crippen LogP contribution in [-0.4, -0.2) is 19.3 Å². The Morgan fingerprint density at radius 3 is 2.04 bits per heavy atom. The largest absolute Gasteiger partial charge is 0.493 e. The molecular weight excluding hydrogens is 332 g/mol. The smallest absolute Gasteiger partial charge is 0.171 e. The molecule has 0 spiro atoms. The van der Waals surface area contributed by atoms with Crippen molar-refractivity contribution < 1.29 is 9.47 Å². The van der Waals surface area contributed by atoms with Gasteiger partial charge in [0.05, 0.1) is 20.3 Å². The molecule has 0 saturated carbocycles. The van der Waals surface area contributed by atoms with Gasteiger partial charge in [-0.3, -0.25) is 0 Å². The van der Waals surface area contributed by atoms with Crippen molar-refractivity contribution in [3.8, 4) is 11.5 Å². The highest BCUT2D eigenvalue weighted by Crippen LogP contribution is 2.29. The first-order chi connectivity index (χ1) is 11.9. The molecule has 5 heteroatoms. The van der Waals surface area contributed by atoms with Crippen molar-refractivity contribution >= 4 is 23.0 Å². The first kappa shape index (κ1) is 19.1. The van der Waals surface area contributed by atoms with E-state index in [4.69, 9.17) is 21.7 Å². The minimum atomic E-state index is 0.0368. The van der Waals surface area contributed by atoms with Crippen molar-refractivity contribution in [1.29, 1.82) is 0 Å². The molecule has 1 atom stereocenters. The van der Waals surface area contributed by atoms with Gasteiger partial charge in [0.2, 0.25) is 0 Å². The molecule has 0 aliphatic heterocycles. The number of rotatable bonds is 6. The molecule has 1 unspecified atom stereocenters. The summed E-state index contributed by atoms with van der Waals surface area (Å²) in [7, 11) is 3.26. The number of thiocarbonyl (C=S) groups is 1. The summed E-state index contributed by atoms with van der Waals surface area (Å²) in [6.45, 7) is 6.41. The first-order valence-corrected chi connectivity index (χ1v) is 8.74. The van der Waals surface area contributed by atoms with Crippen LogP contribution in [0.15, 0.2) is 42.5 Å². The Hall–Kier alpha value is -2.27. The van der Waals surface area contributed by atoms with Gasteiger partial charge in [-0.25, -0.2) is 0 Å².